The maximum atomic E-state index is 12.9. The van der Waals surface area contributed by atoms with Gasteiger partial charge in [0.05, 0.1) is 33.2 Å². The van der Waals surface area contributed by atoms with Crippen LogP contribution in [0.25, 0.3) is 0 Å². The van der Waals surface area contributed by atoms with Gasteiger partial charge in [-0.25, -0.2) is 0 Å². The normalized spacial score (nSPS) is 17.0. The van der Waals surface area contributed by atoms with Gasteiger partial charge in [-0.15, -0.1) is 0 Å². The van der Waals surface area contributed by atoms with Crippen LogP contribution in [0.1, 0.15) is 24.8 Å². The molecule has 2 rings (SSSR count). The molecular weight excluding hydrogens is 292 g/mol. The standard InChI is InChI=1S/C18H28N2O3/c1-20(2)12-4-11-19-17(21)18(9-13-23-14-10-18)15-5-7-16(22-3)8-6-15/h5-8H,4,9-14H2,1-3H3,(H,19,21)/p+1. The Balaban J connectivity index is 2.09. The van der Waals surface area contributed by atoms with Gasteiger partial charge in [0.25, 0.3) is 0 Å². The van der Waals surface area contributed by atoms with Gasteiger partial charge in [0.15, 0.2) is 0 Å². The van der Waals surface area contributed by atoms with Crippen molar-refractivity contribution in [3.8, 4) is 5.75 Å². The molecule has 1 amide bonds. The number of hydrogen-bond donors (Lipinski definition) is 2. The van der Waals surface area contributed by atoms with Gasteiger partial charge in [-0.1, -0.05) is 12.1 Å². The fourth-order valence-electron chi connectivity index (χ4n) is 3.09. The van der Waals surface area contributed by atoms with E-state index in [1.54, 1.807) is 7.11 Å². The van der Waals surface area contributed by atoms with Crippen LogP contribution in [-0.4, -0.2) is 53.4 Å². The molecule has 0 aromatic heterocycles. The monoisotopic (exact) mass is 321 g/mol. The molecule has 1 aromatic rings. The van der Waals surface area contributed by atoms with Gasteiger partial charge < -0.3 is 19.7 Å². The van der Waals surface area contributed by atoms with Crippen LogP contribution in [0.5, 0.6) is 5.75 Å². The molecule has 0 aliphatic carbocycles. The van der Waals surface area contributed by atoms with E-state index in [2.05, 4.69) is 19.4 Å². The number of ether oxygens (including phenoxy) is 2. The van der Waals surface area contributed by atoms with Crippen molar-refractivity contribution in [3.63, 3.8) is 0 Å². The lowest BCUT2D eigenvalue weighted by molar-refractivity contribution is -0.858. The summed E-state index contributed by atoms with van der Waals surface area (Å²) >= 11 is 0. The largest absolute Gasteiger partial charge is 0.497 e. The van der Waals surface area contributed by atoms with E-state index in [4.69, 9.17) is 9.47 Å². The van der Waals surface area contributed by atoms with Crippen LogP contribution in [0.2, 0.25) is 0 Å². The number of nitrogens with one attached hydrogen (secondary N) is 2. The summed E-state index contributed by atoms with van der Waals surface area (Å²) in [6, 6.07) is 7.87. The van der Waals surface area contributed by atoms with E-state index in [1.165, 1.54) is 4.90 Å². The molecule has 1 fully saturated rings. The van der Waals surface area contributed by atoms with E-state index < -0.39 is 5.41 Å². The Morgan fingerprint density at radius 1 is 1.26 bits per heavy atom. The molecule has 1 saturated heterocycles. The molecule has 128 valence electrons. The molecule has 5 heteroatoms. The smallest absolute Gasteiger partial charge is 0.230 e. The molecule has 1 heterocycles. The zero-order valence-electron chi connectivity index (χ0n) is 14.5. The van der Waals surface area contributed by atoms with Crippen molar-refractivity contribution in [2.45, 2.75) is 24.7 Å². The predicted octanol–water partition coefficient (Wildman–Crippen LogP) is 0.394. The lowest BCUT2D eigenvalue weighted by Crippen LogP contribution is -3.05. The molecule has 0 saturated carbocycles. The number of hydrogen-bond acceptors (Lipinski definition) is 3. The maximum absolute atomic E-state index is 12.9. The minimum Gasteiger partial charge on any atom is -0.497 e. The highest BCUT2D eigenvalue weighted by Crippen LogP contribution is 2.36. The highest BCUT2D eigenvalue weighted by Gasteiger charge is 2.41. The summed E-state index contributed by atoms with van der Waals surface area (Å²) in [5.41, 5.74) is 0.576. The van der Waals surface area contributed by atoms with Gasteiger partial charge in [0, 0.05) is 26.2 Å². The Morgan fingerprint density at radius 2 is 1.91 bits per heavy atom. The van der Waals surface area contributed by atoms with Crippen molar-refractivity contribution in [2.24, 2.45) is 0 Å². The Kier molecular flexibility index (Phi) is 6.42. The summed E-state index contributed by atoms with van der Waals surface area (Å²) in [7, 11) is 5.90. The van der Waals surface area contributed by atoms with Gasteiger partial charge in [0.2, 0.25) is 5.91 Å². The average molecular weight is 321 g/mol. The second kappa shape index (κ2) is 8.31. The molecule has 1 aliphatic heterocycles. The van der Waals surface area contributed by atoms with Gasteiger partial charge >= 0.3 is 0 Å². The number of methoxy groups -OCH3 is 1. The first kappa shape index (κ1) is 17.8. The third-order valence-corrected chi connectivity index (χ3v) is 4.56. The van der Waals surface area contributed by atoms with Crippen LogP contribution < -0.4 is 15.0 Å². The highest BCUT2D eigenvalue weighted by atomic mass is 16.5. The molecule has 2 N–H and O–H groups in total. The average Bonchev–Trinajstić information content (AvgIpc) is 2.59. The van der Waals surface area contributed by atoms with Crippen molar-refractivity contribution in [3.05, 3.63) is 29.8 Å². The summed E-state index contributed by atoms with van der Waals surface area (Å²) in [4.78, 5) is 14.3. The molecule has 0 bridgehead atoms. The van der Waals surface area contributed by atoms with Gasteiger partial charge in [-0.3, -0.25) is 4.79 Å². The highest BCUT2D eigenvalue weighted by molar-refractivity contribution is 5.88. The summed E-state index contributed by atoms with van der Waals surface area (Å²) in [5, 5.41) is 3.14. The Bertz CT molecular complexity index is 493. The Labute approximate surface area is 139 Å². The number of quaternary nitrogens is 1. The van der Waals surface area contributed by atoms with Crippen molar-refractivity contribution in [1.82, 2.24) is 5.32 Å². The van der Waals surface area contributed by atoms with E-state index in [9.17, 15) is 4.79 Å². The Morgan fingerprint density at radius 3 is 2.48 bits per heavy atom. The SMILES string of the molecule is COc1ccc(C2(C(=O)NCCC[NH+](C)C)CCOCC2)cc1. The topological polar surface area (TPSA) is 52.0 Å². The van der Waals surface area contributed by atoms with Crippen LogP contribution in [0.4, 0.5) is 0 Å². The zero-order valence-corrected chi connectivity index (χ0v) is 14.5. The third kappa shape index (κ3) is 4.45. The Hall–Kier alpha value is -1.59. The molecule has 0 unspecified atom stereocenters. The second-order valence-corrected chi connectivity index (χ2v) is 6.49. The number of carbonyl (C=O) groups is 1. The van der Waals surface area contributed by atoms with Gasteiger partial charge in [0.1, 0.15) is 5.75 Å². The fourth-order valence-corrected chi connectivity index (χ4v) is 3.09. The lowest BCUT2D eigenvalue weighted by atomic mass is 9.73. The van der Waals surface area contributed by atoms with E-state index in [0.717, 1.165) is 43.7 Å². The van der Waals surface area contributed by atoms with Crippen molar-refractivity contribution in [1.29, 1.82) is 0 Å². The molecule has 1 aliphatic rings. The summed E-state index contributed by atoms with van der Waals surface area (Å²) < 4.78 is 10.7. The molecule has 0 radical (unpaired) electrons. The summed E-state index contributed by atoms with van der Waals surface area (Å²) in [5.74, 6) is 0.935. The lowest BCUT2D eigenvalue weighted by Gasteiger charge is -2.36. The first-order chi connectivity index (χ1) is 11.1. The van der Waals surface area contributed by atoms with Crippen molar-refractivity contribution >= 4 is 5.91 Å². The molecular formula is C18H29N2O3+. The first-order valence-corrected chi connectivity index (χ1v) is 8.38. The number of benzene rings is 1. The number of carbonyl (C=O) groups excluding carboxylic acids is 1. The maximum Gasteiger partial charge on any atom is 0.230 e. The molecule has 1 aromatic carbocycles. The predicted molar refractivity (Wildman–Crippen MR) is 90.0 cm³/mol. The zero-order chi connectivity index (χ0) is 16.7. The van der Waals surface area contributed by atoms with Crippen molar-refractivity contribution < 1.29 is 19.2 Å². The van der Waals surface area contributed by atoms with Crippen LogP contribution in [0.3, 0.4) is 0 Å². The minimum atomic E-state index is -0.477. The van der Waals surface area contributed by atoms with E-state index >= 15 is 0 Å². The molecule has 5 nitrogen and oxygen atoms in total. The minimum absolute atomic E-state index is 0.125. The molecule has 23 heavy (non-hydrogen) atoms. The molecule has 0 spiro atoms. The van der Waals surface area contributed by atoms with Gasteiger partial charge in [-0.05, 0) is 30.5 Å². The fraction of sp³-hybridized carbons (Fsp3) is 0.611. The van der Waals surface area contributed by atoms with Gasteiger partial charge in [-0.2, -0.15) is 0 Å². The first-order valence-electron chi connectivity index (χ1n) is 8.38. The third-order valence-electron chi connectivity index (χ3n) is 4.56. The van der Waals surface area contributed by atoms with E-state index in [-0.39, 0.29) is 5.91 Å². The van der Waals surface area contributed by atoms with Crippen LogP contribution in [0.15, 0.2) is 24.3 Å². The van der Waals surface area contributed by atoms with Crippen molar-refractivity contribution in [2.75, 3.05) is 47.5 Å². The van der Waals surface area contributed by atoms with Crippen LogP contribution >= 0.6 is 0 Å². The second-order valence-electron chi connectivity index (χ2n) is 6.49. The quantitative estimate of drug-likeness (QED) is 0.715. The number of rotatable bonds is 7. The summed E-state index contributed by atoms with van der Waals surface area (Å²) in [6.45, 7) is 3.03. The number of amides is 1. The summed E-state index contributed by atoms with van der Waals surface area (Å²) in [6.07, 6.45) is 2.44. The van der Waals surface area contributed by atoms with Crippen LogP contribution in [-0.2, 0) is 14.9 Å². The van der Waals surface area contributed by atoms with E-state index in [0.29, 0.717) is 13.2 Å². The van der Waals surface area contributed by atoms with Crippen LogP contribution in [0, 0.1) is 0 Å². The molecule has 0 atom stereocenters. The van der Waals surface area contributed by atoms with E-state index in [1.807, 2.05) is 24.3 Å².